The fraction of sp³-hybridized carbons (Fsp3) is 0.154. The molecule has 0 aliphatic heterocycles. The van der Waals surface area contributed by atoms with Crippen molar-refractivity contribution < 1.29 is 9.90 Å². The van der Waals surface area contributed by atoms with E-state index in [9.17, 15) is 9.90 Å². The maximum Gasteiger partial charge on any atom is 0.336 e. The number of fused-ring (bicyclic) bond motifs is 4. The van der Waals surface area contributed by atoms with E-state index in [1.807, 2.05) is 19.1 Å². The number of carboxylic acid groups (broad SMARTS) is 1. The fourth-order valence-electron chi connectivity index (χ4n) is 4.62. The Morgan fingerprint density at radius 1 is 1.03 bits per heavy atom. The molecule has 0 amide bonds. The molecular formula is C26H23N3O2. The number of para-hydroxylation sites is 1. The Morgan fingerprint density at radius 2 is 1.77 bits per heavy atom. The zero-order valence-electron chi connectivity index (χ0n) is 17.6. The Hall–Kier alpha value is -3.86. The Kier molecular flexibility index (Phi) is 4.40. The van der Waals surface area contributed by atoms with Crippen molar-refractivity contribution in [3.63, 3.8) is 0 Å². The monoisotopic (exact) mass is 409 g/mol. The molecule has 0 spiro atoms. The van der Waals surface area contributed by atoms with Gasteiger partial charge in [0.25, 0.3) is 0 Å². The van der Waals surface area contributed by atoms with E-state index in [1.165, 1.54) is 21.8 Å². The Labute approximate surface area is 179 Å². The number of allylic oxidation sites excluding steroid dienone is 1. The molecule has 0 bridgehead atoms. The van der Waals surface area contributed by atoms with Crippen molar-refractivity contribution in [1.29, 1.82) is 0 Å². The van der Waals surface area contributed by atoms with Crippen LogP contribution in [0.4, 0.5) is 0 Å². The summed E-state index contributed by atoms with van der Waals surface area (Å²) in [4.78, 5) is 16.5. The van der Waals surface area contributed by atoms with Crippen LogP contribution in [-0.2, 0) is 13.1 Å². The molecule has 0 atom stereocenters. The standard InChI is InChI=1S/C26H23N3O2/c1-4-14-29-23-13-11-18(26(30)31)16(3)24(23)27-25(29)17-10-12-22-20(15-17)19-8-6-7-9-21(19)28(22)5-2/h4,6-13,15H,1,5,14H2,2-3H3,(H,30,31). The van der Waals surface area contributed by atoms with Crippen molar-refractivity contribution in [1.82, 2.24) is 14.1 Å². The number of aryl methyl sites for hydroxylation is 2. The van der Waals surface area contributed by atoms with Crippen LogP contribution >= 0.6 is 0 Å². The van der Waals surface area contributed by atoms with E-state index in [0.29, 0.717) is 17.6 Å². The number of aromatic carboxylic acids is 1. The van der Waals surface area contributed by atoms with Crippen LogP contribution in [0.25, 0.3) is 44.2 Å². The van der Waals surface area contributed by atoms with Gasteiger partial charge >= 0.3 is 5.97 Å². The summed E-state index contributed by atoms with van der Waals surface area (Å²) in [6, 6.07) is 18.4. The van der Waals surface area contributed by atoms with Gasteiger partial charge in [0.1, 0.15) is 5.82 Å². The first-order valence-corrected chi connectivity index (χ1v) is 10.4. The first-order valence-electron chi connectivity index (χ1n) is 10.4. The maximum atomic E-state index is 11.6. The third-order valence-corrected chi connectivity index (χ3v) is 6.06. The van der Waals surface area contributed by atoms with E-state index >= 15 is 0 Å². The van der Waals surface area contributed by atoms with Crippen LogP contribution in [0.1, 0.15) is 22.8 Å². The lowest BCUT2D eigenvalue weighted by Gasteiger charge is -2.08. The fourth-order valence-corrected chi connectivity index (χ4v) is 4.62. The molecule has 0 radical (unpaired) electrons. The lowest BCUT2D eigenvalue weighted by atomic mass is 10.1. The molecule has 0 unspecified atom stereocenters. The largest absolute Gasteiger partial charge is 0.478 e. The molecular weight excluding hydrogens is 386 g/mol. The number of hydrogen-bond donors (Lipinski definition) is 1. The highest BCUT2D eigenvalue weighted by Gasteiger charge is 2.19. The van der Waals surface area contributed by atoms with Gasteiger partial charge in [0.05, 0.1) is 16.6 Å². The summed E-state index contributed by atoms with van der Waals surface area (Å²) in [5.74, 6) is -0.121. The number of imidazole rings is 1. The van der Waals surface area contributed by atoms with Gasteiger partial charge in [-0.25, -0.2) is 9.78 Å². The SMILES string of the molecule is C=CCn1c(-c2ccc3c(c2)c2ccccc2n3CC)nc2c(C)c(C(=O)O)ccc21. The Morgan fingerprint density at radius 3 is 2.52 bits per heavy atom. The minimum atomic E-state index is -0.937. The van der Waals surface area contributed by atoms with Crippen LogP contribution < -0.4 is 0 Å². The van der Waals surface area contributed by atoms with Crippen LogP contribution in [0.15, 0.2) is 67.3 Å². The van der Waals surface area contributed by atoms with Crippen LogP contribution in [0, 0.1) is 6.92 Å². The van der Waals surface area contributed by atoms with Crippen molar-refractivity contribution >= 4 is 38.8 Å². The molecule has 5 nitrogen and oxygen atoms in total. The predicted molar refractivity (Wildman–Crippen MR) is 126 cm³/mol. The molecule has 5 rings (SSSR count). The van der Waals surface area contributed by atoms with Gasteiger partial charge in [0.15, 0.2) is 0 Å². The Bertz CT molecular complexity index is 1500. The second-order valence-corrected chi connectivity index (χ2v) is 7.74. The second kappa shape index (κ2) is 7.13. The minimum Gasteiger partial charge on any atom is -0.478 e. The number of nitrogens with zero attached hydrogens (tertiary/aromatic N) is 3. The lowest BCUT2D eigenvalue weighted by molar-refractivity contribution is 0.0696. The summed E-state index contributed by atoms with van der Waals surface area (Å²) in [7, 11) is 0. The summed E-state index contributed by atoms with van der Waals surface area (Å²) in [5, 5.41) is 11.9. The summed E-state index contributed by atoms with van der Waals surface area (Å²) in [5.41, 5.74) is 6.01. The average molecular weight is 409 g/mol. The minimum absolute atomic E-state index is 0.281. The molecule has 154 valence electrons. The molecule has 0 aliphatic carbocycles. The second-order valence-electron chi connectivity index (χ2n) is 7.74. The highest BCUT2D eigenvalue weighted by Crippen LogP contribution is 2.34. The predicted octanol–water partition coefficient (Wildman–Crippen LogP) is 6.02. The molecule has 0 saturated carbocycles. The average Bonchev–Trinajstić information content (AvgIpc) is 3.30. The van der Waals surface area contributed by atoms with Gasteiger partial charge in [0.2, 0.25) is 0 Å². The van der Waals surface area contributed by atoms with Crippen molar-refractivity contribution in [2.45, 2.75) is 26.9 Å². The summed E-state index contributed by atoms with van der Waals surface area (Å²) < 4.78 is 4.42. The molecule has 1 N–H and O–H groups in total. The number of benzene rings is 3. The van der Waals surface area contributed by atoms with Crippen LogP contribution in [0.2, 0.25) is 0 Å². The van der Waals surface area contributed by atoms with E-state index in [0.717, 1.165) is 23.4 Å². The normalized spacial score (nSPS) is 11.5. The number of carboxylic acids is 1. The molecule has 0 fully saturated rings. The molecule has 2 heterocycles. The molecule has 31 heavy (non-hydrogen) atoms. The number of aromatic nitrogens is 3. The highest BCUT2D eigenvalue weighted by atomic mass is 16.4. The zero-order valence-corrected chi connectivity index (χ0v) is 17.6. The quantitative estimate of drug-likeness (QED) is 0.361. The number of hydrogen-bond acceptors (Lipinski definition) is 2. The molecule has 5 heteroatoms. The van der Waals surface area contributed by atoms with E-state index in [4.69, 9.17) is 4.98 Å². The van der Waals surface area contributed by atoms with Crippen molar-refractivity contribution in [3.8, 4) is 11.4 Å². The first-order chi connectivity index (χ1) is 15.0. The van der Waals surface area contributed by atoms with Crippen molar-refractivity contribution in [2.24, 2.45) is 0 Å². The third-order valence-electron chi connectivity index (χ3n) is 6.06. The summed E-state index contributed by atoms with van der Waals surface area (Å²) in [6.45, 7) is 9.37. The van der Waals surface area contributed by atoms with Crippen molar-refractivity contribution in [2.75, 3.05) is 0 Å². The third kappa shape index (κ3) is 2.77. The smallest absolute Gasteiger partial charge is 0.336 e. The van der Waals surface area contributed by atoms with Crippen LogP contribution in [0.5, 0.6) is 0 Å². The molecule has 2 aromatic heterocycles. The van der Waals surface area contributed by atoms with E-state index in [-0.39, 0.29) is 5.56 Å². The van der Waals surface area contributed by atoms with Gasteiger partial charge in [-0.1, -0.05) is 24.3 Å². The van der Waals surface area contributed by atoms with E-state index in [1.54, 1.807) is 6.07 Å². The topological polar surface area (TPSA) is 60.0 Å². The van der Waals surface area contributed by atoms with Crippen molar-refractivity contribution in [3.05, 3.63) is 78.4 Å². The lowest BCUT2D eigenvalue weighted by Crippen LogP contribution is -2.01. The molecule has 0 saturated heterocycles. The molecule has 3 aromatic carbocycles. The van der Waals surface area contributed by atoms with Gasteiger partial charge in [-0.15, -0.1) is 6.58 Å². The van der Waals surface area contributed by atoms with Gasteiger partial charge in [0, 0.05) is 40.5 Å². The summed E-state index contributed by atoms with van der Waals surface area (Å²) in [6.07, 6.45) is 1.84. The highest BCUT2D eigenvalue weighted by molar-refractivity contribution is 6.09. The zero-order chi connectivity index (χ0) is 21.7. The van der Waals surface area contributed by atoms with Gasteiger partial charge < -0.3 is 14.2 Å². The molecule has 0 aliphatic rings. The van der Waals surface area contributed by atoms with Gasteiger partial charge in [-0.2, -0.15) is 0 Å². The Balaban J connectivity index is 1.81. The van der Waals surface area contributed by atoms with E-state index in [2.05, 4.69) is 65.1 Å². The van der Waals surface area contributed by atoms with Crippen LogP contribution in [-0.4, -0.2) is 25.2 Å². The first kappa shape index (κ1) is 19.1. The van der Waals surface area contributed by atoms with Gasteiger partial charge in [-0.05, 0) is 55.8 Å². The number of carbonyl (C=O) groups is 1. The maximum absolute atomic E-state index is 11.6. The van der Waals surface area contributed by atoms with Gasteiger partial charge in [-0.3, -0.25) is 0 Å². The molecule has 5 aromatic rings. The van der Waals surface area contributed by atoms with E-state index < -0.39 is 5.97 Å². The van der Waals surface area contributed by atoms with Crippen LogP contribution in [0.3, 0.4) is 0 Å². The number of rotatable bonds is 5. The summed E-state index contributed by atoms with van der Waals surface area (Å²) >= 11 is 0.